The van der Waals surface area contributed by atoms with Crippen molar-refractivity contribution in [2.45, 2.75) is 116 Å². The van der Waals surface area contributed by atoms with E-state index in [0.717, 1.165) is 17.2 Å². The first kappa shape index (κ1) is 26.7. The highest BCUT2D eigenvalue weighted by Gasteiger charge is 2.01. The quantitative estimate of drug-likeness (QED) is 0.169. The Bertz CT molecular complexity index is 821. The summed E-state index contributed by atoms with van der Waals surface area (Å²) in [4.78, 5) is 0. The van der Waals surface area contributed by atoms with E-state index in [1.165, 1.54) is 108 Å². The minimum atomic E-state index is -2.86. The lowest BCUT2D eigenvalue weighted by Crippen LogP contribution is -1.90. The molecule has 0 spiro atoms. The van der Waals surface area contributed by atoms with Crippen LogP contribution in [0.4, 0.5) is 0 Å². The number of aryl methyl sites for hydroxylation is 1. The van der Waals surface area contributed by atoms with Gasteiger partial charge in [0, 0.05) is 0 Å². The first-order valence-corrected chi connectivity index (χ1v) is 14.1. The summed E-state index contributed by atoms with van der Waals surface area (Å²) in [5.74, 6) is 0.374. The Labute approximate surface area is 198 Å². The van der Waals surface area contributed by atoms with Gasteiger partial charge in [0.1, 0.15) is 5.75 Å². The van der Waals surface area contributed by atoms with Crippen molar-refractivity contribution >= 4 is 21.8 Å². The summed E-state index contributed by atoms with van der Waals surface area (Å²) >= 11 is 0. The molecule has 0 amide bonds. The van der Waals surface area contributed by atoms with Gasteiger partial charge in [0.05, 0.1) is 0 Å². The average molecular weight is 461 g/mol. The van der Waals surface area contributed by atoms with Crippen molar-refractivity contribution in [3.05, 3.63) is 42.0 Å². The van der Waals surface area contributed by atoms with Crippen LogP contribution < -0.4 is 4.18 Å². The third kappa shape index (κ3) is 11.9. The van der Waals surface area contributed by atoms with E-state index in [1.54, 1.807) is 12.1 Å². The van der Waals surface area contributed by atoms with Gasteiger partial charge >= 0.3 is 0 Å². The molecule has 0 saturated heterocycles. The zero-order valence-corrected chi connectivity index (χ0v) is 21.1. The Morgan fingerprint density at radius 2 is 1.06 bits per heavy atom. The summed E-state index contributed by atoms with van der Waals surface area (Å²) in [6.07, 6.45) is 23.4. The predicted molar refractivity (Wildman–Crippen MR) is 138 cm³/mol. The van der Waals surface area contributed by atoms with Gasteiger partial charge in [0.25, 0.3) is 11.0 Å². The Kier molecular flexibility index (Phi) is 14.2. The fraction of sp³-hybridized carbons (Fsp3) is 0.643. The molecule has 3 nitrogen and oxygen atoms in total. The van der Waals surface area contributed by atoms with Gasteiger partial charge in [-0.1, -0.05) is 128 Å². The summed E-state index contributed by atoms with van der Waals surface area (Å²) in [5.41, 5.74) is 1.35. The molecular formula is C28H44O3S. The summed E-state index contributed by atoms with van der Waals surface area (Å²) in [7, 11) is -2.86. The van der Waals surface area contributed by atoms with Gasteiger partial charge < -0.3 is 4.18 Å². The molecule has 0 aromatic heterocycles. The van der Waals surface area contributed by atoms with Crippen LogP contribution in [0.3, 0.4) is 0 Å². The third-order valence-electron chi connectivity index (χ3n) is 6.38. The molecule has 0 aliphatic carbocycles. The van der Waals surface area contributed by atoms with Crippen molar-refractivity contribution in [2.75, 3.05) is 0 Å². The van der Waals surface area contributed by atoms with Crippen LogP contribution in [-0.4, -0.2) is 8.42 Å². The summed E-state index contributed by atoms with van der Waals surface area (Å²) in [6.45, 7) is 2.28. The van der Waals surface area contributed by atoms with Gasteiger partial charge in [-0.3, -0.25) is 0 Å². The van der Waals surface area contributed by atoms with E-state index in [9.17, 15) is 8.42 Å². The fourth-order valence-corrected chi connectivity index (χ4v) is 4.73. The molecule has 0 radical (unpaired) electrons. The Morgan fingerprint density at radius 1 is 0.594 bits per heavy atom. The normalized spacial score (nSPS) is 11.4. The number of benzene rings is 2. The minimum absolute atomic E-state index is 0.374. The molecule has 0 N–H and O–H groups in total. The topological polar surface area (TPSA) is 43.4 Å². The third-order valence-corrected chi connectivity index (χ3v) is 6.73. The molecule has 2 aromatic rings. The number of thiol groups is 1. The van der Waals surface area contributed by atoms with Crippen LogP contribution in [0.15, 0.2) is 36.4 Å². The van der Waals surface area contributed by atoms with Crippen molar-refractivity contribution in [1.82, 2.24) is 0 Å². The summed E-state index contributed by atoms with van der Waals surface area (Å²) < 4.78 is 26.2. The predicted octanol–water partition coefficient (Wildman–Crippen LogP) is 8.55. The van der Waals surface area contributed by atoms with E-state index < -0.39 is 11.0 Å². The molecule has 0 bridgehead atoms. The molecule has 32 heavy (non-hydrogen) atoms. The van der Waals surface area contributed by atoms with Crippen molar-refractivity contribution in [3.63, 3.8) is 0 Å². The van der Waals surface area contributed by atoms with Gasteiger partial charge in [-0.05, 0) is 41.3 Å². The molecule has 4 heteroatoms. The molecular weight excluding hydrogens is 416 g/mol. The van der Waals surface area contributed by atoms with Crippen LogP contribution in [0.2, 0.25) is 0 Å². The maximum Gasteiger partial charge on any atom is 0.299 e. The second-order valence-corrected chi connectivity index (χ2v) is 9.84. The van der Waals surface area contributed by atoms with E-state index in [2.05, 4.69) is 25.1 Å². The smallest absolute Gasteiger partial charge is 0.299 e. The highest BCUT2D eigenvalue weighted by Crippen LogP contribution is 2.23. The van der Waals surface area contributed by atoms with Crippen molar-refractivity contribution in [3.8, 4) is 5.75 Å². The van der Waals surface area contributed by atoms with E-state index >= 15 is 0 Å². The van der Waals surface area contributed by atoms with Crippen LogP contribution in [0.1, 0.15) is 115 Å². The molecule has 180 valence electrons. The summed E-state index contributed by atoms with van der Waals surface area (Å²) in [6, 6.07) is 11.8. The first-order chi connectivity index (χ1) is 15.7. The van der Waals surface area contributed by atoms with Gasteiger partial charge in [0.15, 0.2) is 0 Å². The monoisotopic (exact) mass is 460 g/mol. The molecule has 0 fully saturated rings. The van der Waals surface area contributed by atoms with Gasteiger partial charge in [0.2, 0.25) is 0 Å². The number of hydrogen-bond donors (Lipinski definition) is 1. The SMILES string of the molecule is CCCCCCCCCCCCCCCCCCc1ccc2cc(O[SH](=O)=O)ccc2c1. The van der Waals surface area contributed by atoms with Crippen LogP contribution in [0.5, 0.6) is 5.75 Å². The van der Waals surface area contributed by atoms with Crippen LogP contribution in [0, 0.1) is 0 Å². The summed E-state index contributed by atoms with van der Waals surface area (Å²) in [5, 5.41) is 2.14. The maximum atomic E-state index is 10.7. The van der Waals surface area contributed by atoms with Crippen molar-refractivity contribution in [1.29, 1.82) is 0 Å². The van der Waals surface area contributed by atoms with Crippen LogP contribution in [0.25, 0.3) is 10.8 Å². The molecule has 0 saturated carbocycles. The molecule has 0 heterocycles. The molecule has 0 unspecified atom stereocenters. The highest BCUT2D eigenvalue weighted by molar-refractivity contribution is 7.67. The van der Waals surface area contributed by atoms with Crippen molar-refractivity contribution in [2.24, 2.45) is 0 Å². The Morgan fingerprint density at radius 3 is 1.59 bits per heavy atom. The average Bonchev–Trinajstić information content (AvgIpc) is 2.78. The molecule has 0 aliphatic heterocycles. The zero-order valence-electron chi connectivity index (χ0n) is 20.2. The number of hydrogen-bond acceptors (Lipinski definition) is 3. The molecule has 2 aromatic carbocycles. The standard InChI is InChI=1S/C28H44O3S/c1-2-3-4-5-6-7-8-9-10-11-12-13-14-15-16-17-18-25-19-20-27-24-28(31-32(29)30)22-21-26(27)23-25/h19-24,32H,2-18H2,1H3. The number of unbranched alkanes of at least 4 members (excludes halogenated alkanes) is 15. The van der Waals surface area contributed by atoms with E-state index in [0.29, 0.717) is 5.75 Å². The van der Waals surface area contributed by atoms with Gasteiger partial charge in [-0.2, -0.15) is 8.42 Å². The van der Waals surface area contributed by atoms with E-state index in [-0.39, 0.29) is 0 Å². The highest BCUT2D eigenvalue weighted by atomic mass is 32.2. The largest absolute Gasteiger partial charge is 0.384 e. The lowest BCUT2D eigenvalue weighted by molar-refractivity contribution is 0.511. The van der Waals surface area contributed by atoms with Crippen LogP contribution >= 0.6 is 0 Å². The second-order valence-electron chi connectivity index (χ2n) is 9.21. The second kappa shape index (κ2) is 17.0. The number of rotatable bonds is 19. The van der Waals surface area contributed by atoms with Gasteiger partial charge in [-0.25, -0.2) is 0 Å². The first-order valence-electron chi connectivity index (χ1n) is 13.0. The van der Waals surface area contributed by atoms with Crippen LogP contribution in [-0.2, 0) is 17.4 Å². The van der Waals surface area contributed by atoms with E-state index in [1.807, 2.05) is 6.07 Å². The molecule has 2 rings (SSSR count). The zero-order chi connectivity index (χ0) is 22.9. The maximum absolute atomic E-state index is 10.7. The van der Waals surface area contributed by atoms with Crippen molar-refractivity contribution < 1.29 is 12.6 Å². The Hall–Kier alpha value is -1.55. The Balaban J connectivity index is 1.45. The van der Waals surface area contributed by atoms with Gasteiger partial charge in [-0.15, -0.1) is 0 Å². The number of fused-ring (bicyclic) bond motifs is 1. The molecule has 0 atom stereocenters. The fourth-order valence-electron chi connectivity index (χ4n) is 4.45. The van der Waals surface area contributed by atoms with E-state index in [4.69, 9.17) is 4.18 Å². The minimum Gasteiger partial charge on any atom is -0.384 e. The lowest BCUT2D eigenvalue weighted by Gasteiger charge is -2.06. The lowest BCUT2D eigenvalue weighted by atomic mass is 10.0. The molecule has 0 aliphatic rings.